The normalized spacial score (nSPS) is 20.5. The number of amides is 1. The number of carbonyl (C=O) groups is 1. The van der Waals surface area contributed by atoms with Gasteiger partial charge in [-0.05, 0) is 67.5 Å². The predicted octanol–water partition coefficient (Wildman–Crippen LogP) is 5.82. The first kappa shape index (κ1) is 28.5. The molecule has 3 aromatic rings. The quantitative estimate of drug-likeness (QED) is 0.344. The van der Waals surface area contributed by atoms with Crippen molar-refractivity contribution in [3.05, 3.63) is 41.9 Å². The summed E-state index contributed by atoms with van der Waals surface area (Å²) >= 11 is 1.27. The molecule has 0 atom stereocenters. The number of ether oxygens (including phenoxy) is 1. The number of anilines is 1. The van der Waals surface area contributed by atoms with Crippen molar-refractivity contribution in [3.8, 4) is 11.7 Å². The number of nitrogens with one attached hydrogen (secondary N) is 1. The molecule has 40 heavy (non-hydrogen) atoms. The van der Waals surface area contributed by atoms with Crippen LogP contribution in [0.3, 0.4) is 0 Å². The first-order valence-corrected chi connectivity index (χ1v) is 14.8. The molecule has 2 fully saturated rings. The summed E-state index contributed by atoms with van der Waals surface area (Å²) in [5.41, 5.74) is 1.84. The zero-order valence-corrected chi connectivity index (χ0v) is 26.3. The highest BCUT2D eigenvalue weighted by Crippen LogP contribution is 2.68. The Morgan fingerprint density at radius 2 is 1.77 bits per heavy atom. The van der Waals surface area contributed by atoms with Gasteiger partial charge in [-0.1, -0.05) is 41.5 Å². The van der Waals surface area contributed by atoms with E-state index in [4.69, 9.17) is 9.72 Å². The van der Waals surface area contributed by atoms with Crippen LogP contribution in [0.25, 0.3) is 5.82 Å². The van der Waals surface area contributed by atoms with E-state index in [0.29, 0.717) is 35.6 Å². The van der Waals surface area contributed by atoms with E-state index in [-0.39, 0.29) is 27.7 Å². The Kier molecular flexibility index (Phi) is 6.80. The van der Waals surface area contributed by atoms with E-state index < -0.39 is 0 Å². The van der Waals surface area contributed by atoms with E-state index in [1.165, 1.54) is 11.9 Å². The summed E-state index contributed by atoms with van der Waals surface area (Å²) in [6.07, 6.45) is 4.76. The molecule has 3 aromatic heterocycles. The second kappa shape index (κ2) is 9.53. The second-order valence-corrected chi connectivity index (χ2v) is 14.8. The molecule has 10 heteroatoms. The molecule has 0 bridgehead atoms. The number of hydrogen-bond acceptors (Lipinski definition) is 7. The van der Waals surface area contributed by atoms with Crippen LogP contribution in [0.2, 0.25) is 0 Å². The van der Waals surface area contributed by atoms with Crippen LogP contribution >= 0.6 is 11.9 Å². The Balaban J connectivity index is 1.41. The summed E-state index contributed by atoms with van der Waals surface area (Å²) in [7, 11) is 1.87. The molecule has 0 radical (unpaired) electrons. The molecular weight excluding hydrogens is 522 g/mol. The smallest absolute Gasteiger partial charge is 0.265 e. The summed E-state index contributed by atoms with van der Waals surface area (Å²) in [5.74, 6) is 2.18. The molecule has 1 saturated heterocycles. The van der Waals surface area contributed by atoms with E-state index in [1.54, 1.807) is 9.36 Å². The molecule has 2 aliphatic rings. The summed E-state index contributed by atoms with van der Waals surface area (Å²) in [5, 5.41) is 9.04. The monoisotopic (exact) mass is 565 g/mol. The van der Waals surface area contributed by atoms with E-state index in [1.807, 2.05) is 44.6 Å². The molecule has 1 aliphatic carbocycles. The van der Waals surface area contributed by atoms with Gasteiger partial charge in [0.2, 0.25) is 5.88 Å². The Bertz CT molecular complexity index is 1420. The van der Waals surface area contributed by atoms with Crippen molar-refractivity contribution in [3.63, 3.8) is 0 Å². The first-order chi connectivity index (χ1) is 18.5. The van der Waals surface area contributed by atoms with E-state index in [0.717, 1.165) is 23.6 Å². The van der Waals surface area contributed by atoms with Gasteiger partial charge in [-0.25, -0.2) is 9.67 Å². The minimum absolute atomic E-state index is 0.0908. The van der Waals surface area contributed by atoms with Crippen molar-refractivity contribution in [2.45, 2.75) is 79.2 Å². The van der Waals surface area contributed by atoms with Gasteiger partial charge in [0.1, 0.15) is 5.82 Å². The fraction of sp³-hybridized carbons (Fsp3) is 0.600. The van der Waals surface area contributed by atoms with E-state index >= 15 is 0 Å². The summed E-state index contributed by atoms with van der Waals surface area (Å²) in [6, 6.07) is 5.57. The Labute approximate surface area is 242 Å². The van der Waals surface area contributed by atoms with Gasteiger partial charge in [-0.15, -0.1) is 5.10 Å². The minimum Gasteiger partial charge on any atom is -0.476 e. The van der Waals surface area contributed by atoms with Gasteiger partial charge in [0.05, 0.1) is 22.8 Å². The third kappa shape index (κ3) is 5.10. The lowest BCUT2D eigenvalue weighted by Gasteiger charge is -2.33. The van der Waals surface area contributed by atoms with Gasteiger partial charge in [-0.2, -0.15) is 5.10 Å². The van der Waals surface area contributed by atoms with Crippen LogP contribution in [0, 0.1) is 29.1 Å². The second-order valence-electron chi connectivity index (χ2n) is 14.0. The molecular formula is C30H43N7O2S. The average molecular weight is 566 g/mol. The lowest BCUT2D eigenvalue weighted by molar-refractivity contribution is 0.0984. The van der Waals surface area contributed by atoms with Crippen LogP contribution in [-0.2, 0) is 7.05 Å². The highest BCUT2D eigenvalue weighted by molar-refractivity contribution is 7.98. The average Bonchev–Trinajstić information content (AvgIpc) is 3.33. The van der Waals surface area contributed by atoms with Gasteiger partial charge >= 0.3 is 0 Å². The number of hydrogen-bond donors (Lipinski definition) is 1. The topological polar surface area (TPSA) is 90.1 Å². The number of rotatable bonds is 8. The highest BCUT2D eigenvalue weighted by Gasteiger charge is 2.64. The number of pyridine rings is 1. The molecule has 4 heterocycles. The molecule has 1 aliphatic heterocycles. The zero-order chi connectivity index (χ0) is 29.3. The Morgan fingerprint density at radius 1 is 1.07 bits per heavy atom. The maximum Gasteiger partial charge on any atom is 0.265 e. The molecule has 0 aromatic carbocycles. The highest BCUT2D eigenvalue weighted by atomic mass is 32.2. The molecule has 1 N–H and O–H groups in total. The fourth-order valence-corrected chi connectivity index (χ4v) is 7.25. The number of carbonyl (C=O) groups excluding carboxylic acids is 1. The third-order valence-electron chi connectivity index (χ3n) is 9.33. The Morgan fingerprint density at radius 3 is 2.35 bits per heavy atom. The first-order valence-electron chi connectivity index (χ1n) is 14.0. The van der Waals surface area contributed by atoms with Crippen LogP contribution in [-0.4, -0.2) is 49.1 Å². The summed E-state index contributed by atoms with van der Waals surface area (Å²) < 4.78 is 12.6. The predicted molar refractivity (Wildman–Crippen MR) is 159 cm³/mol. The number of nitrogens with zero attached hydrogens (tertiary/aromatic N) is 6. The lowest BCUT2D eigenvalue weighted by Crippen LogP contribution is -2.40. The number of aromatic nitrogens is 5. The lowest BCUT2D eigenvalue weighted by atomic mass is 9.86. The largest absolute Gasteiger partial charge is 0.476 e. The molecule has 5 rings (SSSR count). The van der Waals surface area contributed by atoms with Gasteiger partial charge in [-0.3, -0.25) is 14.2 Å². The van der Waals surface area contributed by atoms with Gasteiger partial charge in [0.15, 0.2) is 5.82 Å². The zero-order valence-electron chi connectivity index (χ0n) is 25.5. The standard InChI is InChI=1S/C30H43N7O2S/c1-19-21(15-35(10)32-19)40-34-26(38)20-11-12-23(31-25(20)36-18-27(2,3)17-28(36,4)5)37-14-13-24(33-37)39-16-22-29(6,7)30(22,8)9/h11-15,22H,16-18H2,1-10H3,(H,34,38). The SMILES string of the molecule is Cc1nn(C)cc1SNC(=O)c1ccc(-n2ccc(OCC3C(C)(C)C3(C)C)n2)nc1N1CC(C)(C)CC1(C)C. The molecule has 1 amide bonds. The molecule has 0 spiro atoms. The van der Waals surface area contributed by atoms with Crippen LogP contribution in [0.1, 0.15) is 77.9 Å². The molecule has 9 nitrogen and oxygen atoms in total. The molecule has 216 valence electrons. The van der Waals surface area contributed by atoms with Crippen LogP contribution in [0.5, 0.6) is 5.88 Å². The van der Waals surface area contributed by atoms with Crippen molar-refractivity contribution in [2.24, 2.45) is 29.2 Å². The van der Waals surface area contributed by atoms with Gasteiger partial charge < -0.3 is 9.64 Å². The third-order valence-corrected chi connectivity index (χ3v) is 10.2. The van der Waals surface area contributed by atoms with Crippen molar-refractivity contribution in [2.75, 3.05) is 18.1 Å². The summed E-state index contributed by atoms with van der Waals surface area (Å²) in [4.78, 5) is 21.7. The van der Waals surface area contributed by atoms with Crippen molar-refractivity contribution in [1.29, 1.82) is 0 Å². The van der Waals surface area contributed by atoms with Gasteiger partial charge in [0.25, 0.3) is 5.91 Å². The van der Waals surface area contributed by atoms with E-state index in [2.05, 4.69) is 75.2 Å². The van der Waals surface area contributed by atoms with Crippen molar-refractivity contribution >= 4 is 23.7 Å². The molecule has 0 unspecified atom stereocenters. The Hall–Kier alpha value is -3.01. The van der Waals surface area contributed by atoms with Crippen molar-refractivity contribution in [1.82, 2.24) is 29.3 Å². The summed E-state index contributed by atoms with van der Waals surface area (Å²) in [6.45, 7) is 21.5. The van der Waals surface area contributed by atoms with Crippen LogP contribution in [0.15, 0.2) is 35.5 Å². The fourth-order valence-electron chi connectivity index (χ4n) is 6.54. The maximum atomic E-state index is 13.5. The van der Waals surface area contributed by atoms with Crippen LogP contribution in [0.4, 0.5) is 5.82 Å². The minimum atomic E-state index is -0.193. The maximum absolute atomic E-state index is 13.5. The van der Waals surface area contributed by atoms with Crippen LogP contribution < -0.4 is 14.4 Å². The number of aryl methyl sites for hydroxylation is 2. The molecule has 1 saturated carbocycles. The van der Waals surface area contributed by atoms with Crippen molar-refractivity contribution < 1.29 is 9.53 Å². The van der Waals surface area contributed by atoms with Gasteiger partial charge in [0, 0.05) is 43.5 Å². The van der Waals surface area contributed by atoms with E-state index in [9.17, 15) is 4.79 Å².